The molecule has 0 unspecified atom stereocenters. The third-order valence-corrected chi connectivity index (χ3v) is 6.00. The number of aromatic nitrogens is 1. The van der Waals surface area contributed by atoms with Gasteiger partial charge in [0.1, 0.15) is 5.82 Å². The van der Waals surface area contributed by atoms with E-state index in [0.29, 0.717) is 11.1 Å². The van der Waals surface area contributed by atoms with E-state index in [9.17, 15) is 30.7 Å². The zero-order valence-electron chi connectivity index (χ0n) is 18.8. The molecule has 0 spiro atoms. The highest BCUT2D eigenvalue weighted by atomic mass is 19.4. The summed E-state index contributed by atoms with van der Waals surface area (Å²) in [5.74, 6) is -0.351. The van der Waals surface area contributed by atoms with Crippen LogP contribution in [0.2, 0.25) is 0 Å². The van der Waals surface area contributed by atoms with Crippen LogP contribution in [0.4, 0.5) is 30.7 Å². The molecule has 0 atom stereocenters. The third-order valence-electron chi connectivity index (χ3n) is 6.00. The van der Waals surface area contributed by atoms with Gasteiger partial charge < -0.3 is 0 Å². The number of benzene rings is 4. The molecular formula is C29H16F7N. The summed E-state index contributed by atoms with van der Waals surface area (Å²) < 4.78 is 93.0. The molecule has 8 heteroatoms. The van der Waals surface area contributed by atoms with Gasteiger partial charge in [-0.25, -0.2) is 4.39 Å². The predicted octanol–water partition coefficient (Wildman–Crippen LogP) is 9.41. The maximum absolute atomic E-state index is 13.3. The molecule has 0 aliphatic rings. The van der Waals surface area contributed by atoms with Gasteiger partial charge in [-0.05, 0) is 88.1 Å². The van der Waals surface area contributed by atoms with Crippen LogP contribution in [0, 0.1) is 5.82 Å². The van der Waals surface area contributed by atoms with Crippen LogP contribution in [-0.4, -0.2) is 4.98 Å². The van der Waals surface area contributed by atoms with E-state index in [1.165, 1.54) is 18.2 Å². The summed E-state index contributed by atoms with van der Waals surface area (Å²) in [6, 6.07) is 21.3. The van der Waals surface area contributed by atoms with Gasteiger partial charge in [-0.3, -0.25) is 4.98 Å². The van der Waals surface area contributed by atoms with E-state index in [-0.39, 0.29) is 23.0 Å². The van der Waals surface area contributed by atoms with E-state index in [1.807, 2.05) is 18.2 Å². The lowest BCUT2D eigenvalue weighted by molar-refractivity contribution is -0.143. The first kappa shape index (κ1) is 24.5. The Balaban J connectivity index is 1.53. The smallest absolute Gasteiger partial charge is 0.256 e. The zero-order chi connectivity index (χ0) is 26.4. The molecule has 0 aliphatic carbocycles. The molecule has 37 heavy (non-hydrogen) atoms. The largest absolute Gasteiger partial charge is 0.416 e. The molecule has 5 rings (SSSR count). The number of hydrogen-bond donors (Lipinski definition) is 0. The van der Waals surface area contributed by atoms with Crippen LogP contribution in [0.25, 0.3) is 44.3 Å². The van der Waals surface area contributed by atoms with Gasteiger partial charge in [-0.2, -0.15) is 26.3 Å². The number of hydrogen-bond acceptors (Lipinski definition) is 1. The normalized spacial score (nSPS) is 12.2. The van der Waals surface area contributed by atoms with Crippen molar-refractivity contribution >= 4 is 10.8 Å². The third kappa shape index (κ3) is 5.18. The first-order chi connectivity index (χ1) is 17.5. The summed E-state index contributed by atoms with van der Waals surface area (Å²) in [6.07, 6.45) is -8.20. The van der Waals surface area contributed by atoms with Gasteiger partial charge in [-0.1, -0.05) is 30.3 Å². The van der Waals surface area contributed by atoms with Gasteiger partial charge in [0.2, 0.25) is 0 Å². The summed E-state index contributed by atoms with van der Waals surface area (Å²) >= 11 is 0. The van der Waals surface area contributed by atoms with Gasteiger partial charge in [0.05, 0.1) is 16.8 Å². The number of pyridine rings is 1. The Labute approximate surface area is 206 Å². The van der Waals surface area contributed by atoms with Crippen molar-refractivity contribution in [2.24, 2.45) is 0 Å². The fraction of sp³-hybridized carbons (Fsp3) is 0.0690. The van der Waals surface area contributed by atoms with Crippen molar-refractivity contribution in [3.8, 4) is 33.5 Å². The number of nitrogens with zero attached hydrogens (tertiary/aromatic N) is 1. The van der Waals surface area contributed by atoms with Gasteiger partial charge in [0.25, 0.3) is 0 Å². The molecule has 0 radical (unpaired) electrons. The SMILES string of the molecule is Fc1ccc(-c2ccc(-c3ccc4ccc(-c5cc(C(F)(F)F)cc(C(F)(F)F)c5)cc4c3)cn2)cc1. The van der Waals surface area contributed by atoms with E-state index >= 15 is 0 Å². The molecule has 1 heterocycles. The summed E-state index contributed by atoms with van der Waals surface area (Å²) in [6.45, 7) is 0. The van der Waals surface area contributed by atoms with Crippen molar-refractivity contribution in [3.05, 3.63) is 114 Å². The second-order valence-electron chi connectivity index (χ2n) is 8.51. The number of rotatable bonds is 3. The van der Waals surface area contributed by atoms with Crippen molar-refractivity contribution in [1.82, 2.24) is 4.98 Å². The predicted molar refractivity (Wildman–Crippen MR) is 128 cm³/mol. The van der Waals surface area contributed by atoms with Crippen LogP contribution in [0.3, 0.4) is 0 Å². The summed E-state index contributed by atoms with van der Waals surface area (Å²) in [7, 11) is 0. The zero-order valence-corrected chi connectivity index (χ0v) is 18.8. The van der Waals surface area contributed by atoms with Crippen molar-refractivity contribution in [1.29, 1.82) is 0 Å². The average Bonchev–Trinajstić information content (AvgIpc) is 2.87. The van der Waals surface area contributed by atoms with Gasteiger partial charge >= 0.3 is 12.4 Å². The van der Waals surface area contributed by atoms with E-state index in [4.69, 9.17) is 0 Å². The van der Waals surface area contributed by atoms with Gasteiger partial charge in [0.15, 0.2) is 0 Å². The summed E-state index contributed by atoms with van der Waals surface area (Å²) in [4.78, 5) is 4.43. The molecule has 0 aliphatic heterocycles. The minimum absolute atomic E-state index is 0.116. The number of fused-ring (bicyclic) bond motifs is 1. The fourth-order valence-electron chi connectivity index (χ4n) is 4.08. The van der Waals surface area contributed by atoms with Crippen molar-refractivity contribution in [2.45, 2.75) is 12.4 Å². The average molecular weight is 511 g/mol. The number of halogens is 7. The van der Waals surface area contributed by atoms with Crippen LogP contribution >= 0.6 is 0 Å². The lowest BCUT2D eigenvalue weighted by Gasteiger charge is -2.15. The molecule has 0 N–H and O–H groups in total. The second-order valence-corrected chi connectivity index (χ2v) is 8.51. The van der Waals surface area contributed by atoms with Crippen LogP contribution in [0.1, 0.15) is 11.1 Å². The molecule has 0 amide bonds. The fourth-order valence-corrected chi connectivity index (χ4v) is 4.08. The minimum Gasteiger partial charge on any atom is -0.256 e. The summed E-state index contributed by atoms with van der Waals surface area (Å²) in [5, 5.41) is 1.41. The molecule has 1 nitrogen and oxygen atoms in total. The Bertz CT molecular complexity index is 1550. The highest BCUT2D eigenvalue weighted by Crippen LogP contribution is 2.39. The maximum Gasteiger partial charge on any atom is 0.416 e. The standard InChI is InChI=1S/C29H16F7N/c30-26-8-5-18(6-9-26)27-10-7-21(16-37-27)19-3-1-17-2-4-20(12-22(17)11-19)23-13-24(28(31,32)33)15-25(14-23)29(34,35)36/h1-16H. The summed E-state index contributed by atoms with van der Waals surface area (Å²) in [5.41, 5.74) is 0.245. The van der Waals surface area contributed by atoms with Crippen LogP contribution in [0.15, 0.2) is 97.2 Å². The molecule has 0 saturated carbocycles. The molecule has 5 aromatic rings. The van der Waals surface area contributed by atoms with Gasteiger partial charge in [0, 0.05) is 17.3 Å². The monoisotopic (exact) mass is 511 g/mol. The molecule has 186 valence electrons. The quantitative estimate of drug-likeness (QED) is 0.220. The molecular weight excluding hydrogens is 495 g/mol. The first-order valence-corrected chi connectivity index (χ1v) is 11.0. The molecule has 4 aromatic carbocycles. The Morgan fingerprint density at radius 2 is 0.973 bits per heavy atom. The van der Waals surface area contributed by atoms with E-state index in [2.05, 4.69) is 4.98 Å². The Morgan fingerprint density at radius 1 is 0.459 bits per heavy atom. The first-order valence-electron chi connectivity index (χ1n) is 11.0. The van der Waals surface area contributed by atoms with Crippen LogP contribution in [-0.2, 0) is 12.4 Å². The van der Waals surface area contributed by atoms with Gasteiger partial charge in [-0.15, -0.1) is 0 Å². The topological polar surface area (TPSA) is 12.9 Å². The van der Waals surface area contributed by atoms with Crippen LogP contribution < -0.4 is 0 Å². The van der Waals surface area contributed by atoms with Crippen LogP contribution in [0.5, 0.6) is 0 Å². The Morgan fingerprint density at radius 3 is 1.49 bits per heavy atom. The highest BCUT2D eigenvalue weighted by molar-refractivity contribution is 5.91. The molecule has 0 bridgehead atoms. The van der Waals surface area contributed by atoms with Crippen molar-refractivity contribution in [2.75, 3.05) is 0 Å². The second kappa shape index (κ2) is 9.03. The maximum atomic E-state index is 13.3. The highest BCUT2D eigenvalue weighted by Gasteiger charge is 2.37. The minimum atomic E-state index is -4.92. The molecule has 0 fully saturated rings. The molecule has 1 aromatic heterocycles. The van der Waals surface area contributed by atoms with E-state index < -0.39 is 23.5 Å². The Kier molecular flexibility index (Phi) is 5.98. The van der Waals surface area contributed by atoms with Crippen molar-refractivity contribution in [3.63, 3.8) is 0 Å². The van der Waals surface area contributed by atoms with Crippen molar-refractivity contribution < 1.29 is 30.7 Å². The lowest BCUT2D eigenvalue weighted by atomic mass is 9.95. The molecule has 0 saturated heterocycles. The lowest BCUT2D eigenvalue weighted by Crippen LogP contribution is -2.11. The Hall–Kier alpha value is -4.20. The van der Waals surface area contributed by atoms with E-state index in [1.54, 1.807) is 42.6 Å². The van der Waals surface area contributed by atoms with E-state index in [0.717, 1.165) is 34.2 Å². The number of alkyl halides is 6.